The van der Waals surface area contributed by atoms with Gasteiger partial charge in [0.05, 0.1) is 13.2 Å². The van der Waals surface area contributed by atoms with E-state index >= 15 is 0 Å². The van der Waals surface area contributed by atoms with Crippen molar-refractivity contribution in [3.05, 3.63) is 89.2 Å². The Labute approximate surface area is 200 Å². The molecule has 4 rings (SSSR count). The minimum atomic E-state index is -0.263. The number of para-hydroxylation sites is 1. The SMILES string of the molecule is COc1ccccc1[C@@H]1CN(C(=O)c2ccc(C)c(NCc3ccncc3)c2)CCN1C(C)=O. The molecule has 7 heteroatoms. The average molecular weight is 459 g/mol. The Hall–Kier alpha value is -3.87. The van der Waals surface area contributed by atoms with Gasteiger partial charge >= 0.3 is 0 Å². The van der Waals surface area contributed by atoms with Gasteiger partial charge in [-0.05, 0) is 48.4 Å². The van der Waals surface area contributed by atoms with Crippen molar-refractivity contribution in [2.75, 3.05) is 32.1 Å². The Morgan fingerprint density at radius 3 is 2.59 bits per heavy atom. The van der Waals surface area contributed by atoms with Crippen molar-refractivity contribution in [2.24, 2.45) is 0 Å². The Balaban J connectivity index is 1.55. The lowest BCUT2D eigenvalue weighted by Crippen LogP contribution is -2.51. The molecule has 1 saturated heterocycles. The molecule has 1 aliphatic rings. The number of anilines is 1. The predicted octanol–water partition coefficient (Wildman–Crippen LogP) is 4.06. The molecular formula is C27H30N4O3. The number of carbonyl (C=O) groups excluding carboxylic acids is 2. The van der Waals surface area contributed by atoms with Gasteiger partial charge in [-0.3, -0.25) is 14.6 Å². The van der Waals surface area contributed by atoms with Crippen LogP contribution in [0.3, 0.4) is 0 Å². The molecule has 3 aromatic rings. The summed E-state index contributed by atoms with van der Waals surface area (Å²) in [6.45, 7) is 5.61. The number of hydrogen-bond donors (Lipinski definition) is 1. The normalized spacial score (nSPS) is 15.7. The van der Waals surface area contributed by atoms with Crippen LogP contribution in [0.5, 0.6) is 5.75 Å². The van der Waals surface area contributed by atoms with Gasteiger partial charge in [0.2, 0.25) is 5.91 Å². The van der Waals surface area contributed by atoms with E-state index in [1.54, 1.807) is 26.4 Å². The van der Waals surface area contributed by atoms with E-state index in [9.17, 15) is 9.59 Å². The Kier molecular flexibility index (Phi) is 7.11. The molecule has 1 fully saturated rings. The van der Waals surface area contributed by atoms with Crippen LogP contribution in [0, 0.1) is 6.92 Å². The van der Waals surface area contributed by atoms with Crippen molar-refractivity contribution in [1.82, 2.24) is 14.8 Å². The molecule has 0 saturated carbocycles. The molecule has 0 radical (unpaired) electrons. The second-order valence-corrected chi connectivity index (χ2v) is 8.46. The number of nitrogens with zero attached hydrogens (tertiary/aromatic N) is 3. The van der Waals surface area contributed by atoms with E-state index in [1.807, 2.05) is 71.3 Å². The van der Waals surface area contributed by atoms with Crippen molar-refractivity contribution in [1.29, 1.82) is 0 Å². The largest absolute Gasteiger partial charge is 0.496 e. The number of carbonyl (C=O) groups is 2. The van der Waals surface area contributed by atoms with E-state index in [1.165, 1.54) is 0 Å². The quantitative estimate of drug-likeness (QED) is 0.603. The summed E-state index contributed by atoms with van der Waals surface area (Å²) in [5.41, 5.74) is 4.63. The Bertz CT molecular complexity index is 1170. The fourth-order valence-corrected chi connectivity index (χ4v) is 4.38. The number of hydrogen-bond acceptors (Lipinski definition) is 5. The van der Waals surface area contributed by atoms with Gasteiger partial charge in [0.1, 0.15) is 5.75 Å². The molecule has 34 heavy (non-hydrogen) atoms. The van der Waals surface area contributed by atoms with Gasteiger partial charge in [-0.25, -0.2) is 0 Å². The molecule has 2 aromatic carbocycles. The fourth-order valence-electron chi connectivity index (χ4n) is 4.38. The van der Waals surface area contributed by atoms with Gasteiger partial charge in [0.15, 0.2) is 0 Å². The molecule has 1 aliphatic heterocycles. The second kappa shape index (κ2) is 10.4. The maximum atomic E-state index is 13.5. The summed E-state index contributed by atoms with van der Waals surface area (Å²) in [6, 6.07) is 17.1. The molecule has 0 bridgehead atoms. The molecule has 1 aromatic heterocycles. The molecule has 7 nitrogen and oxygen atoms in total. The molecular weight excluding hydrogens is 428 g/mol. The number of aromatic nitrogens is 1. The first-order valence-corrected chi connectivity index (χ1v) is 11.4. The van der Waals surface area contributed by atoms with E-state index in [-0.39, 0.29) is 17.9 Å². The lowest BCUT2D eigenvalue weighted by atomic mass is 10.00. The van der Waals surface area contributed by atoms with Crippen LogP contribution in [-0.2, 0) is 11.3 Å². The van der Waals surface area contributed by atoms with E-state index < -0.39 is 0 Å². The summed E-state index contributed by atoms with van der Waals surface area (Å²) in [6.07, 6.45) is 3.53. The predicted molar refractivity (Wildman–Crippen MR) is 132 cm³/mol. The van der Waals surface area contributed by atoms with Crippen LogP contribution in [0.15, 0.2) is 67.0 Å². The number of nitrogens with one attached hydrogen (secondary N) is 1. The van der Waals surface area contributed by atoms with E-state index in [4.69, 9.17) is 4.74 Å². The number of pyridine rings is 1. The lowest BCUT2D eigenvalue weighted by Gasteiger charge is -2.41. The Morgan fingerprint density at radius 1 is 1.09 bits per heavy atom. The summed E-state index contributed by atoms with van der Waals surface area (Å²) >= 11 is 0. The van der Waals surface area contributed by atoms with Crippen LogP contribution in [-0.4, -0.2) is 53.3 Å². The number of piperazine rings is 1. The van der Waals surface area contributed by atoms with Gasteiger partial charge in [0.25, 0.3) is 5.91 Å². The maximum Gasteiger partial charge on any atom is 0.254 e. The van der Waals surface area contributed by atoms with Crippen molar-refractivity contribution in [3.8, 4) is 5.75 Å². The van der Waals surface area contributed by atoms with Crippen molar-refractivity contribution in [2.45, 2.75) is 26.4 Å². The first-order chi connectivity index (χ1) is 16.5. The number of amides is 2. The van der Waals surface area contributed by atoms with Crippen LogP contribution in [0.2, 0.25) is 0 Å². The molecule has 176 valence electrons. The third-order valence-electron chi connectivity index (χ3n) is 6.29. The zero-order valence-electron chi connectivity index (χ0n) is 19.8. The summed E-state index contributed by atoms with van der Waals surface area (Å²) in [4.78, 5) is 33.6. The summed E-state index contributed by atoms with van der Waals surface area (Å²) in [5.74, 6) is 0.655. The molecule has 1 N–H and O–H groups in total. The monoisotopic (exact) mass is 458 g/mol. The molecule has 1 atom stereocenters. The highest BCUT2D eigenvalue weighted by molar-refractivity contribution is 5.95. The Morgan fingerprint density at radius 2 is 1.85 bits per heavy atom. The van der Waals surface area contributed by atoms with Gasteiger partial charge in [-0.2, -0.15) is 0 Å². The van der Waals surface area contributed by atoms with Gasteiger partial charge in [0, 0.05) is 62.3 Å². The highest BCUT2D eigenvalue weighted by Gasteiger charge is 2.34. The van der Waals surface area contributed by atoms with E-state index in [0.29, 0.717) is 37.5 Å². The van der Waals surface area contributed by atoms with E-state index in [0.717, 1.165) is 22.4 Å². The standard InChI is InChI=1S/C27H30N4O3/c1-19-8-9-22(16-24(19)29-17-21-10-12-28-13-11-21)27(33)30-14-15-31(20(2)32)25(18-30)23-6-4-5-7-26(23)34-3/h4-13,16,25,29H,14-15,17-18H2,1-3H3/t25-/m0/s1. The third kappa shape index (κ3) is 5.03. The number of rotatable bonds is 6. The van der Waals surface area contributed by atoms with Gasteiger partial charge < -0.3 is 19.9 Å². The average Bonchev–Trinajstić information content (AvgIpc) is 2.88. The van der Waals surface area contributed by atoms with Gasteiger partial charge in [-0.15, -0.1) is 0 Å². The molecule has 2 amide bonds. The minimum Gasteiger partial charge on any atom is -0.496 e. The first-order valence-electron chi connectivity index (χ1n) is 11.4. The van der Waals surface area contributed by atoms with Crippen LogP contribution in [0.25, 0.3) is 0 Å². The van der Waals surface area contributed by atoms with Crippen LogP contribution >= 0.6 is 0 Å². The number of ether oxygens (including phenoxy) is 1. The summed E-state index contributed by atoms with van der Waals surface area (Å²) < 4.78 is 5.55. The smallest absolute Gasteiger partial charge is 0.254 e. The topological polar surface area (TPSA) is 74.8 Å². The maximum absolute atomic E-state index is 13.5. The van der Waals surface area contributed by atoms with Crippen molar-refractivity contribution < 1.29 is 14.3 Å². The minimum absolute atomic E-state index is 0.0130. The number of benzene rings is 2. The van der Waals surface area contributed by atoms with Crippen LogP contribution in [0.4, 0.5) is 5.69 Å². The van der Waals surface area contributed by atoms with Crippen LogP contribution < -0.4 is 10.1 Å². The van der Waals surface area contributed by atoms with Gasteiger partial charge in [-0.1, -0.05) is 24.3 Å². The number of methoxy groups -OCH3 is 1. The summed E-state index contributed by atoms with van der Waals surface area (Å²) in [7, 11) is 1.62. The molecule has 0 aliphatic carbocycles. The zero-order valence-corrected chi connectivity index (χ0v) is 19.8. The molecule has 0 unspecified atom stereocenters. The molecule has 0 spiro atoms. The highest BCUT2D eigenvalue weighted by Crippen LogP contribution is 2.33. The first kappa shape index (κ1) is 23.3. The zero-order chi connectivity index (χ0) is 24.1. The fraction of sp³-hybridized carbons (Fsp3) is 0.296. The van der Waals surface area contributed by atoms with E-state index in [2.05, 4.69) is 10.3 Å². The summed E-state index contributed by atoms with van der Waals surface area (Å²) in [5, 5.41) is 3.43. The second-order valence-electron chi connectivity index (χ2n) is 8.46. The lowest BCUT2D eigenvalue weighted by molar-refractivity contribution is -0.133. The molecule has 2 heterocycles. The number of aryl methyl sites for hydroxylation is 1. The van der Waals surface area contributed by atoms with Crippen molar-refractivity contribution >= 4 is 17.5 Å². The third-order valence-corrected chi connectivity index (χ3v) is 6.29. The highest BCUT2D eigenvalue weighted by atomic mass is 16.5. The van der Waals surface area contributed by atoms with Crippen LogP contribution in [0.1, 0.15) is 40.0 Å². The van der Waals surface area contributed by atoms with Crippen molar-refractivity contribution in [3.63, 3.8) is 0 Å².